The Labute approximate surface area is 107 Å². The normalized spacial score (nSPS) is 10.8. The number of hydrogen-bond acceptors (Lipinski definition) is 4. The van der Waals surface area contributed by atoms with Crippen molar-refractivity contribution in [2.24, 2.45) is 0 Å². The van der Waals surface area contributed by atoms with E-state index in [4.69, 9.17) is 9.15 Å². The van der Waals surface area contributed by atoms with Gasteiger partial charge in [0, 0.05) is 28.2 Å². The van der Waals surface area contributed by atoms with Crippen molar-refractivity contribution in [3.05, 3.63) is 28.2 Å². The summed E-state index contributed by atoms with van der Waals surface area (Å²) in [6.07, 6.45) is 0.151. The van der Waals surface area contributed by atoms with Crippen molar-refractivity contribution in [3.63, 3.8) is 0 Å². The zero-order chi connectivity index (χ0) is 11.5. The highest BCUT2D eigenvalue weighted by molar-refractivity contribution is 14.1. The number of halogens is 1. The van der Waals surface area contributed by atoms with E-state index in [9.17, 15) is 0 Å². The first-order chi connectivity index (χ1) is 7.65. The van der Waals surface area contributed by atoms with Gasteiger partial charge in [-0.2, -0.15) is 0 Å². The molecule has 1 aromatic carbocycles. The second kappa shape index (κ2) is 4.82. The minimum Gasteiger partial charge on any atom is -0.491 e. The molecule has 1 aromatic heterocycles. The van der Waals surface area contributed by atoms with E-state index in [1.54, 1.807) is 0 Å². The van der Waals surface area contributed by atoms with E-state index < -0.39 is 0 Å². The first-order valence-electron chi connectivity index (χ1n) is 4.91. The molecule has 0 fully saturated rings. The molecular weight excluding hydrogens is 319 g/mol. The highest BCUT2D eigenvalue weighted by Crippen LogP contribution is 2.23. The van der Waals surface area contributed by atoms with E-state index >= 15 is 0 Å². The molecule has 16 heavy (non-hydrogen) atoms. The SMILES string of the molecule is CC(C)Oc1cccc(-c2nnc(I)o2)c1. The van der Waals surface area contributed by atoms with E-state index in [0.717, 1.165) is 11.3 Å². The van der Waals surface area contributed by atoms with Crippen molar-refractivity contribution >= 4 is 22.6 Å². The van der Waals surface area contributed by atoms with Gasteiger partial charge < -0.3 is 9.15 Å². The lowest BCUT2D eigenvalue weighted by atomic mass is 10.2. The number of hydrogen-bond donors (Lipinski definition) is 0. The van der Waals surface area contributed by atoms with Crippen LogP contribution in [-0.2, 0) is 0 Å². The molecule has 4 nitrogen and oxygen atoms in total. The Bertz CT molecular complexity index is 482. The number of ether oxygens (including phenoxy) is 1. The lowest BCUT2D eigenvalue weighted by Crippen LogP contribution is -2.05. The summed E-state index contributed by atoms with van der Waals surface area (Å²) in [5.74, 6) is 1.32. The summed E-state index contributed by atoms with van der Waals surface area (Å²) in [6.45, 7) is 3.98. The first kappa shape index (κ1) is 11.4. The predicted molar refractivity (Wildman–Crippen MR) is 68.2 cm³/mol. The molecule has 5 heteroatoms. The van der Waals surface area contributed by atoms with Gasteiger partial charge in [-0.05, 0) is 32.0 Å². The van der Waals surface area contributed by atoms with Crippen LogP contribution in [0.2, 0.25) is 0 Å². The van der Waals surface area contributed by atoms with Crippen LogP contribution in [0.3, 0.4) is 0 Å². The van der Waals surface area contributed by atoms with Crippen LogP contribution in [0.5, 0.6) is 5.75 Å². The maximum atomic E-state index is 5.59. The highest BCUT2D eigenvalue weighted by Gasteiger charge is 2.07. The lowest BCUT2D eigenvalue weighted by molar-refractivity contribution is 0.242. The second-order valence-electron chi connectivity index (χ2n) is 3.55. The van der Waals surface area contributed by atoms with Gasteiger partial charge >= 0.3 is 0 Å². The molecule has 0 aliphatic carbocycles. The molecular formula is C11H11IN2O2. The molecule has 0 radical (unpaired) electrons. The third-order valence-electron chi connectivity index (χ3n) is 1.85. The van der Waals surface area contributed by atoms with E-state index in [0.29, 0.717) is 9.79 Å². The third-order valence-corrected chi connectivity index (χ3v) is 2.29. The van der Waals surface area contributed by atoms with Crippen LogP contribution in [0.15, 0.2) is 28.7 Å². The van der Waals surface area contributed by atoms with Crippen LogP contribution in [0.25, 0.3) is 11.5 Å². The monoisotopic (exact) mass is 330 g/mol. The molecule has 0 unspecified atom stereocenters. The van der Waals surface area contributed by atoms with Crippen LogP contribution in [-0.4, -0.2) is 16.3 Å². The molecule has 0 atom stereocenters. The number of nitrogens with zero attached hydrogens (tertiary/aromatic N) is 2. The maximum Gasteiger partial charge on any atom is 0.278 e. The Morgan fingerprint density at radius 3 is 2.75 bits per heavy atom. The fraction of sp³-hybridized carbons (Fsp3) is 0.273. The minimum atomic E-state index is 0.151. The van der Waals surface area contributed by atoms with Crippen LogP contribution in [0.1, 0.15) is 13.8 Å². The molecule has 2 aromatic rings. The molecule has 2 rings (SSSR count). The summed E-state index contributed by atoms with van der Waals surface area (Å²) >= 11 is 1.98. The lowest BCUT2D eigenvalue weighted by Gasteiger charge is -2.09. The van der Waals surface area contributed by atoms with Crippen LogP contribution in [0, 0.1) is 3.90 Å². The van der Waals surface area contributed by atoms with Gasteiger partial charge in [0.1, 0.15) is 5.75 Å². The molecule has 0 amide bonds. The quantitative estimate of drug-likeness (QED) is 0.812. The molecule has 0 saturated carbocycles. The van der Waals surface area contributed by atoms with Crippen LogP contribution in [0.4, 0.5) is 0 Å². The average Bonchev–Trinajstić information content (AvgIpc) is 2.64. The zero-order valence-electron chi connectivity index (χ0n) is 8.98. The van der Waals surface area contributed by atoms with Crippen molar-refractivity contribution in [2.75, 3.05) is 0 Å². The van der Waals surface area contributed by atoms with Crippen molar-refractivity contribution in [1.29, 1.82) is 0 Å². The first-order valence-corrected chi connectivity index (χ1v) is 5.99. The molecule has 0 saturated heterocycles. The van der Waals surface area contributed by atoms with E-state index in [2.05, 4.69) is 10.2 Å². The number of benzene rings is 1. The molecule has 0 aliphatic heterocycles. The van der Waals surface area contributed by atoms with Crippen molar-refractivity contribution in [3.8, 4) is 17.2 Å². The Kier molecular flexibility index (Phi) is 3.42. The molecule has 0 aliphatic rings. The van der Waals surface area contributed by atoms with Gasteiger partial charge in [-0.15, -0.1) is 10.2 Å². The standard InChI is InChI=1S/C11H11IN2O2/c1-7(2)15-9-5-3-4-8(6-9)10-13-14-11(12)16-10/h3-7H,1-2H3. The molecule has 1 heterocycles. The smallest absolute Gasteiger partial charge is 0.278 e. The van der Waals surface area contributed by atoms with Gasteiger partial charge in [-0.1, -0.05) is 6.07 Å². The number of rotatable bonds is 3. The Hall–Kier alpha value is -1.11. The van der Waals surface area contributed by atoms with Crippen molar-refractivity contribution in [2.45, 2.75) is 20.0 Å². The zero-order valence-corrected chi connectivity index (χ0v) is 11.1. The summed E-state index contributed by atoms with van der Waals surface area (Å²) in [7, 11) is 0. The van der Waals surface area contributed by atoms with E-state index in [-0.39, 0.29) is 6.10 Å². The van der Waals surface area contributed by atoms with Gasteiger partial charge in [-0.25, -0.2) is 0 Å². The predicted octanol–water partition coefficient (Wildman–Crippen LogP) is 3.13. The van der Waals surface area contributed by atoms with Crippen molar-refractivity contribution in [1.82, 2.24) is 10.2 Å². The van der Waals surface area contributed by atoms with E-state index in [1.807, 2.05) is 60.7 Å². The van der Waals surface area contributed by atoms with Gasteiger partial charge in [0.25, 0.3) is 3.90 Å². The average molecular weight is 330 g/mol. The van der Waals surface area contributed by atoms with Gasteiger partial charge in [-0.3, -0.25) is 0 Å². The fourth-order valence-electron chi connectivity index (χ4n) is 1.30. The molecule has 0 bridgehead atoms. The summed E-state index contributed by atoms with van der Waals surface area (Å²) in [6, 6.07) is 7.62. The highest BCUT2D eigenvalue weighted by atomic mass is 127. The minimum absolute atomic E-state index is 0.151. The summed E-state index contributed by atoms with van der Waals surface area (Å²) in [4.78, 5) is 0. The van der Waals surface area contributed by atoms with Crippen LogP contribution < -0.4 is 4.74 Å². The summed E-state index contributed by atoms with van der Waals surface area (Å²) in [5.41, 5.74) is 0.869. The summed E-state index contributed by atoms with van der Waals surface area (Å²) in [5, 5.41) is 7.74. The van der Waals surface area contributed by atoms with Crippen molar-refractivity contribution < 1.29 is 9.15 Å². The Morgan fingerprint density at radius 2 is 2.12 bits per heavy atom. The fourth-order valence-corrected chi connectivity index (χ4v) is 1.61. The molecule has 0 N–H and O–H groups in total. The van der Waals surface area contributed by atoms with E-state index in [1.165, 1.54) is 0 Å². The third kappa shape index (κ3) is 2.72. The summed E-state index contributed by atoms with van der Waals surface area (Å²) < 4.78 is 11.5. The molecule has 84 valence electrons. The number of aromatic nitrogens is 2. The largest absolute Gasteiger partial charge is 0.491 e. The Morgan fingerprint density at radius 1 is 1.31 bits per heavy atom. The molecule has 0 spiro atoms. The van der Waals surface area contributed by atoms with Gasteiger partial charge in [0.05, 0.1) is 6.10 Å². The second-order valence-corrected chi connectivity index (χ2v) is 4.48. The Balaban J connectivity index is 2.28. The maximum absolute atomic E-state index is 5.59. The topological polar surface area (TPSA) is 48.2 Å². The van der Waals surface area contributed by atoms with Gasteiger partial charge in [0.15, 0.2) is 0 Å². The van der Waals surface area contributed by atoms with Crippen LogP contribution >= 0.6 is 22.6 Å². The van der Waals surface area contributed by atoms with Gasteiger partial charge in [0.2, 0.25) is 5.89 Å².